The molecule has 214 valence electrons. The number of sulfonamides is 1. The topological polar surface area (TPSA) is 96.0 Å². The fourth-order valence-electron chi connectivity index (χ4n) is 4.22. The molecule has 0 aliphatic carbocycles. The molecule has 8 nitrogen and oxygen atoms in total. The lowest BCUT2D eigenvalue weighted by atomic mass is 10.0. The third kappa shape index (κ3) is 9.50. The van der Waals surface area contributed by atoms with Gasteiger partial charge in [-0.05, 0) is 34.7 Å². The fourth-order valence-corrected chi connectivity index (χ4v) is 4.95. The molecule has 1 unspecified atom stereocenters. The Morgan fingerprint density at radius 3 is 1.90 bits per heavy atom. The summed E-state index contributed by atoms with van der Waals surface area (Å²) >= 11 is 0. The largest absolute Gasteiger partial charge is 0.497 e. The van der Waals surface area contributed by atoms with Crippen molar-refractivity contribution in [1.82, 2.24) is 14.5 Å². The Balaban J connectivity index is 1.99. The van der Waals surface area contributed by atoms with Crippen LogP contribution in [0.25, 0.3) is 0 Å². The molecule has 0 saturated carbocycles. The molecular weight excluding hydrogens is 526 g/mol. The molecule has 3 aromatic carbocycles. The van der Waals surface area contributed by atoms with Gasteiger partial charge in [-0.1, -0.05) is 86.6 Å². The first-order chi connectivity index (χ1) is 19.1. The minimum atomic E-state index is -3.73. The maximum Gasteiger partial charge on any atom is 0.243 e. The van der Waals surface area contributed by atoms with Crippen LogP contribution in [0, 0.1) is 5.92 Å². The van der Waals surface area contributed by atoms with Crippen molar-refractivity contribution in [3.8, 4) is 5.75 Å². The summed E-state index contributed by atoms with van der Waals surface area (Å²) in [5.41, 5.74) is 2.44. The average Bonchev–Trinajstić information content (AvgIpc) is 2.94. The van der Waals surface area contributed by atoms with E-state index in [1.54, 1.807) is 19.2 Å². The number of nitrogens with zero attached hydrogens (tertiary/aromatic N) is 2. The molecule has 0 radical (unpaired) electrons. The van der Waals surface area contributed by atoms with E-state index in [1.807, 2.05) is 86.6 Å². The second kappa shape index (κ2) is 14.6. The zero-order chi connectivity index (χ0) is 29.1. The third-order valence-corrected chi connectivity index (χ3v) is 7.65. The van der Waals surface area contributed by atoms with Crippen molar-refractivity contribution in [3.63, 3.8) is 0 Å². The van der Waals surface area contributed by atoms with Crippen molar-refractivity contribution < 1.29 is 22.7 Å². The molecule has 0 bridgehead atoms. The van der Waals surface area contributed by atoms with Gasteiger partial charge in [0.25, 0.3) is 0 Å². The van der Waals surface area contributed by atoms with E-state index in [4.69, 9.17) is 4.74 Å². The van der Waals surface area contributed by atoms with E-state index in [0.29, 0.717) is 12.3 Å². The maximum absolute atomic E-state index is 14.0. The summed E-state index contributed by atoms with van der Waals surface area (Å²) in [6.45, 7) is 4.23. The number of hydrogen-bond acceptors (Lipinski definition) is 5. The van der Waals surface area contributed by atoms with E-state index in [9.17, 15) is 18.0 Å². The Kier molecular flexibility index (Phi) is 11.3. The van der Waals surface area contributed by atoms with Crippen molar-refractivity contribution in [3.05, 3.63) is 102 Å². The van der Waals surface area contributed by atoms with E-state index in [1.165, 1.54) is 4.90 Å². The molecule has 2 amide bonds. The highest BCUT2D eigenvalue weighted by atomic mass is 32.2. The minimum absolute atomic E-state index is 0.0463. The predicted molar refractivity (Wildman–Crippen MR) is 157 cm³/mol. The molecule has 40 heavy (non-hydrogen) atoms. The van der Waals surface area contributed by atoms with Crippen LogP contribution < -0.4 is 10.1 Å². The minimum Gasteiger partial charge on any atom is -0.497 e. The van der Waals surface area contributed by atoms with E-state index in [2.05, 4.69) is 5.32 Å². The molecular formula is C31H39N3O5S. The number of ether oxygens (including phenoxy) is 1. The summed E-state index contributed by atoms with van der Waals surface area (Å²) in [4.78, 5) is 29.1. The quantitative estimate of drug-likeness (QED) is 0.320. The van der Waals surface area contributed by atoms with E-state index >= 15 is 0 Å². The SMILES string of the molecule is COc1ccc(CN(C(=O)CN(Cc2ccccc2)S(C)(=O)=O)C(Cc2ccccc2)C(=O)NCC(C)C)cc1. The van der Waals surface area contributed by atoms with E-state index < -0.39 is 28.5 Å². The van der Waals surface area contributed by atoms with Crippen LogP contribution in [0.15, 0.2) is 84.9 Å². The molecule has 1 atom stereocenters. The monoisotopic (exact) mass is 565 g/mol. The Morgan fingerprint density at radius 1 is 0.825 bits per heavy atom. The van der Waals surface area contributed by atoms with E-state index in [-0.39, 0.29) is 31.3 Å². The smallest absolute Gasteiger partial charge is 0.243 e. The van der Waals surface area contributed by atoms with Gasteiger partial charge in [0.2, 0.25) is 21.8 Å². The van der Waals surface area contributed by atoms with Crippen LogP contribution >= 0.6 is 0 Å². The molecule has 0 aliphatic rings. The van der Waals surface area contributed by atoms with Gasteiger partial charge in [0.1, 0.15) is 11.8 Å². The number of carbonyl (C=O) groups excluding carboxylic acids is 2. The maximum atomic E-state index is 14.0. The van der Waals surface area contributed by atoms with Gasteiger partial charge in [-0.3, -0.25) is 9.59 Å². The van der Waals surface area contributed by atoms with Gasteiger partial charge in [0, 0.05) is 26.1 Å². The molecule has 0 aromatic heterocycles. The molecule has 3 aromatic rings. The first-order valence-electron chi connectivity index (χ1n) is 13.3. The van der Waals surface area contributed by atoms with Gasteiger partial charge >= 0.3 is 0 Å². The second-order valence-electron chi connectivity index (χ2n) is 10.2. The van der Waals surface area contributed by atoms with Crippen molar-refractivity contribution in [1.29, 1.82) is 0 Å². The Hall–Kier alpha value is -3.69. The van der Waals surface area contributed by atoms with Gasteiger partial charge < -0.3 is 15.0 Å². The number of nitrogens with one attached hydrogen (secondary N) is 1. The highest BCUT2D eigenvalue weighted by Gasteiger charge is 2.33. The Labute approximate surface area is 238 Å². The highest BCUT2D eigenvalue weighted by Crippen LogP contribution is 2.19. The van der Waals surface area contributed by atoms with Gasteiger partial charge in [-0.15, -0.1) is 0 Å². The molecule has 0 fully saturated rings. The van der Waals surface area contributed by atoms with Crippen molar-refractivity contribution >= 4 is 21.8 Å². The zero-order valence-electron chi connectivity index (χ0n) is 23.6. The highest BCUT2D eigenvalue weighted by molar-refractivity contribution is 7.88. The number of hydrogen-bond donors (Lipinski definition) is 1. The third-order valence-electron chi connectivity index (χ3n) is 6.45. The van der Waals surface area contributed by atoms with E-state index in [0.717, 1.165) is 27.3 Å². The zero-order valence-corrected chi connectivity index (χ0v) is 24.4. The summed E-state index contributed by atoms with van der Waals surface area (Å²) in [5.74, 6) is 0.146. The number of rotatable bonds is 14. The molecule has 9 heteroatoms. The average molecular weight is 566 g/mol. The lowest BCUT2D eigenvalue weighted by Crippen LogP contribution is -2.53. The van der Waals surface area contributed by atoms with Crippen molar-refractivity contribution in [2.45, 2.75) is 39.4 Å². The lowest BCUT2D eigenvalue weighted by Gasteiger charge is -2.33. The molecule has 3 rings (SSSR count). The molecule has 0 spiro atoms. The second-order valence-corrected chi connectivity index (χ2v) is 12.2. The normalized spacial score (nSPS) is 12.2. The van der Waals surface area contributed by atoms with Crippen molar-refractivity contribution in [2.24, 2.45) is 5.92 Å². The van der Waals surface area contributed by atoms with Crippen LogP contribution in [0.1, 0.15) is 30.5 Å². The fraction of sp³-hybridized carbons (Fsp3) is 0.355. The first kappa shape index (κ1) is 30.8. The predicted octanol–water partition coefficient (Wildman–Crippen LogP) is 3.87. The van der Waals surface area contributed by atoms with Gasteiger partial charge in [-0.25, -0.2) is 8.42 Å². The molecule has 0 heterocycles. The van der Waals surface area contributed by atoms with Gasteiger partial charge in [0.05, 0.1) is 19.9 Å². The van der Waals surface area contributed by atoms with Gasteiger partial charge in [-0.2, -0.15) is 4.31 Å². The van der Waals surface area contributed by atoms with Crippen LogP contribution in [0.2, 0.25) is 0 Å². The van der Waals surface area contributed by atoms with Crippen LogP contribution in [0.4, 0.5) is 0 Å². The summed E-state index contributed by atoms with van der Waals surface area (Å²) < 4.78 is 31.9. The Bertz CT molecular complexity index is 1330. The summed E-state index contributed by atoms with van der Waals surface area (Å²) in [5, 5.41) is 2.98. The summed E-state index contributed by atoms with van der Waals surface area (Å²) in [6.07, 6.45) is 1.37. The van der Waals surface area contributed by atoms with Gasteiger partial charge in [0.15, 0.2) is 0 Å². The van der Waals surface area contributed by atoms with Crippen LogP contribution in [0.5, 0.6) is 5.75 Å². The first-order valence-corrected chi connectivity index (χ1v) is 15.1. The summed E-state index contributed by atoms with van der Waals surface area (Å²) in [6, 6.07) is 25.0. The van der Waals surface area contributed by atoms with Crippen LogP contribution in [0.3, 0.4) is 0 Å². The molecule has 1 N–H and O–H groups in total. The summed E-state index contributed by atoms with van der Waals surface area (Å²) in [7, 11) is -2.16. The molecule has 0 aliphatic heterocycles. The number of amides is 2. The van der Waals surface area contributed by atoms with Crippen molar-refractivity contribution in [2.75, 3.05) is 26.5 Å². The number of methoxy groups -OCH3 is 1. The number of carbonyl (C=O) groups is 2. The number of benzene rings is 3. The Morgan fingerprint density at radius 2 is 1.38 bits per heavy atom. The van der Waals surface area contributed by atoms with Crippen LogP contribution in [-0.4, -0.2) is 61.9 Å². The standard InChI is InChI=1S/C31H39N3O5S/c1-24(2)20-32-31(36)29(19-25-11-7-5-8-12-25)34(22-27-15-17-28(39-3)18-16-27)30(35)23-33(40(4,37)38)21-26-13-9-6-10-14-26/h5-18,24,29H,19-23H2,1-4H3,(H,32,36). The lowest BCUT2D eigenvalue weighted by molar-refractivity contribution is -0.141. The van der Waals surface area contributed by atoms with Crippen LogP contribution in [-0.2, 0) is 39.1 Å². The molecule has 0 saturated heterocycles.